The quantitative estimate of drug-likeness (QED) is 0.323. The third-order valence-electron chi connectivity index (χ3n) is 1.57. The third kappa shape index (κ3) is 2.58. The van der Waals surface area contributed by atoms with Crippen LogP contribution in [0.1, 0.15) is 5.56 Å². The Morgan fingerprint density at radius 2 is 2.25 bits per heavy atom. The molecular formula is C9H12N2S. The summed E-state index contributed by atoms with van der Waals surface area (Å²) in [6.07, 6.45) is 0. The number of anilines is 1. The molecule has 0 aromatic heterocycles. The molecule has 1 aromatic carbocycles. The Kier molecular flexibility index (Phi) is 3.67. The molecule has 1 rings (SSSR count). The van der Waals surface area contributed by atoms with Crippen LogP contribution in [0, 0.1) is 12.3 Å². The van der Waals surface area contributed by atoms with Gasteiger partial charge in [0.1, 0.15) is 0 Å². The highest BCUT2D eigenvalue weighted by Crippen LogP contribution is 2.13. The fourth-order valence-corrected chi connectivity index (χ4v) is 1.25. The monoisotopic (exact) mass is 180 g/mol. The number of nitrogens with one attached hydrogen (secondary N) is 2. The molecule has 0 saturated carbocycles. The van der Waals surface area contributed by atoms with Gasteiger partial charge in [-0.2, -0.15) is 0 Å². The van der Waals surface area contributed by atoms with E-state index in [-0.39, 0.29) is 0 Å². The van der Waals surface area contributed by atoms with Crippen molar-refractivity contribution in [3.63, 3.8) is 0 Å². The molecule has 0 aliphatic heterocycles. The molecule has 0 atom stereocenters. The fourth-order valence-electron chi connectivity index (χ4n) is 0.932. The normalized spacial score (nSPS) is 9.42. The first kappa shape index (κ1) is 9.13. The maximum Gasteiger partial charge on any atom is 0.0666 e. The van der Waals surface area contributed by atoms with Crippen molar-refractivity contribution in [1.82, 2.24) is 0 Å². The van der Waals surface area contributed by atoms with Crippen LogP contribution >= 0.6 is 11.8 Å². The van der Waals surface area contributed by atoms with Crippen molar-refractivity contribution in [1.29, 1.82) is 5.41 Å². The van der Waals surface area contributed by atoms with Gasteiger partial charge in [0.15, 0.2) is 0 Å². The zero-order valence-electron chi connectivity index (χ0n) is 7.00. The predicted octanol–water partition coefficient (Wildman–Crippen LogP) is 2.70. The number of para-hydroxylation sites is 1. The van der Waals surface area contributed by atoms with E-state index < -0.39 is 0 Å². The van der Waals surface area contributed by atoms with E-state index in [1.54, 1.807) is 0 Å². The predicted molar refractivity (Wildman–Crippen MR) is 56.0 cm³/mol. The zero-order valence-corrected chi connectivity index (χ0v) is 7.82. The molecule has 0 amide bonds. The Bertz CT molecular complexity index is 260. The van der Waals surface area contributed by atoms with E-state index in [9.17, 15) is 0 Å². The van der Waals surface area contributed by atoms with Gasteiger partial charge in [-0.1, -0.05) is 30.0 Å². The van der Waals surface area contributed by atoms with Gasteiger partial charge >= 0.3 is 0 Å². The third-order valence-corrected chi connectivity index (χ3v) is 2.05. The topological polar surface area (TPSA) is 35.9 Å². The second kappa shape index (κ2) is 4.83. The van der Waals surface area contributed by atoms with Gasteiger partial charge in [-0.3, -0.25) is 0 Å². The zero-order chi connectivity index (χ0) is 8.81. The van der Waals surface area contributed by atoms with Crippen LogP contribution in [0.3, 0.4) is 0 Å². The number of thioether (sulfide) groups is 1. The van der Waals surface area contributed by atoms with Crippen molar-refractivity contribution in [2.24, 2.45) is 0 Å². The lowest BCUT2D eigenvalue weighted by molar-refractivity contribution is 1.38. The van der Waals surface area contributed by atoms with Crippen LogP contribution in [0.2, 0.25) is 0 Å². The van der Waals surface area contributed by atoms with Gasteiger partial charge in [0.05, 0.1) is 11.4 Å². The first-order chi connectivity index (χ1) is 5.84. The van der Waals surface area contributed by atoms with Crippen molar-refractivity contribution >= 4 is 23.0 Å². The number of hydrogen-bond donors (Lipinski definition) is 2. The molecule has 2 nitrogen and oxygen atoms in total. The summed E-state index contributed by atoms with van der Waals surface area (Å²) >= 11 is 1.44. The molecule has 0 bridgehead atoms. The van der Waals surface area contributed by atoms with E-state index in [0.29, 0.717) is 0 Å². The first-order valence-corrected chi connectivity index (χ1v) is 4.79. The second-order valence-electron chi connectivity index (χ2n) is 2.42. The van der Waals surface area contributed by atoms with Crippen molar-refractivity contribution in [3.8, 4) is 0 Å². The van der Waals surface area contributed by atoms with Crippen molar-refractivity contribution in [2.45, 2.75) is 6.92 Å². The molecule has 12 heavy (non-hydrogen) atoms. The fraction of sp³-hybridized carbons (Fsp3) is 0.222. The van der Waals surface area contributed by atoms with Crippen LogP contribution in [0.4, 0.5) is 5.69 Å². The molecule has 0 saturated heterocycles. The molecular weight excluding hydrogens is 168 g/mol. The van der Waals surface area contributed by atoms with Gasteiger partial charge in [-0.25, -0.2) is 0 Å². The summed E-state index contributed by atoms with van der Waals surface area (Å²) in [7, 11) is 0. The minimum atomic E-state index is 0.758. The van der Waals surface area contributed by atoms with Crippen LogP contribution in [0.5, 0.6) is 0 Å². The highest BCUT2D eigenvalue weighted by atomic mass is 32.2. The Labute approximate surface area is 76.9 Å². The Balaban J connectivity index is 2.51. The first-order valence-electron chi connectivity index (χ1n) is 3.74. The van der Waals surface area contributed by atoms with E-state index in [4.69, 9.17) is 5.41 Å². The van der Waals surface area contributed by atoms with E-state index in [1.165, 1.54) is 22.9 Å². The average Bonchev–Trinajstić information content (AvgIpc) is 2.09. The number of hydrogen-bond acceptors (Lipinski definition) is 3. The van der Waals surface area contributed by atoms with Crippen LogP contribution in [-0.2, 0) is 0 Å². The smallest absolute Gasteiger partial charge is 0.0666 e. The summed E-state index contributed by atoms with van der Waals surface area (Å²) in [5.41, 5.74) is 3.72. The standard InChI is InChI=1S/C9H12N2S/c1-8-4-2-3-5-9(8)11-7-12-6-10/h2-6,10-11H,7H2,1H3. The number of rotatable bonds is 4. The van der Waals surface area contributed by atoms with Gasteiger partial charge in [0.2, 0.25) is 0 Å². The molecule has 0 unspecified atom stereocenters. The molecule has 0 spiro atoms. The molecule has 3 heteroatoms. The van der Waals surface area contributed by atoms with Gasteiger partial charge in [-0.05, 0) is 18.6 Å². The lowest BCUT2D eigenvalue weighted by Gasteiger charge is -2.06. The molecule has 0 aliphatic rings. The van der Waals surface area contributed by atoms with Gasteiger partial charge in [0, 0.05) is 5.69 Å². The molecule has 64 valence electrons. The molecule has 1 aromatic rings. The number of benzene rings is 1. The number of aryl methyl sites for hydroxylation is 1. The minimum absolute atomic E-state index is 0.758. The minimum Gasteiger partial charge on any atom is -0.375 e. The summed E-state index contributed by atoms with van der Waals surface area (Å²) < 4.78 is 0. The van der Waals surface area contributed by atoms with Gasteiger partial charge < -0.3 is 10.7 Å². The van der Waals surface area contributed by atoms with Crippen LogP contribution in [0.25, 0.3) is 0 Å². The van der Waals surface area contributed by atoms with Crippen LogP contribution < -0.4 is 5.32 Å². The van der Waals surface area contributed by atoms with E-state index in [2.05, 4.69) is 18.3 Å². The summed E-state index contributed by atoms with van der Waals surface area (Å²) in [6.45, 7) is 2.07. The summed E-state index contributed by atoms with van der Waals surface area (Å²) in [5, 5.41) is 10.0. The Hall–Kier alpha value is -0.960. The van der Waals surface area contributed by atoms with E-state index >= 15 is 0 Å². The maximum atomic E-state index is 6.82. The highest BCUT2D eigenvalue weighted by molar-refractivity contribution is 8.12. The molecule has 0 heterocycles. The van der Waals surface area contributed by atoms with Crippen LogP contribution in [0.15, 0.2) is 24.3 Å². The summed E-state index contributed by atoms with van der Waals surface area (Å²) in [6, 6.07) is 8.13. The lowest BCUT2D eigenvalue weighted by atomic mass is 10.2. The maximum absolute atomic E-state index is 6.82. The second-order valence-corrected chi connectivity index (χ2v) is 3.28. The molecule has 0 radical (unpaired) electrons. The highest BCUT2D eigenvalue weighted by Gasteiger charge is 1.93. The van der Waals surface area contributed by atoms with Crippen molar-refractivity contribution in [2.75, 3.05) is 11.2 Å². The molecule has 0 aliphatic carbocycles. The Morgan fingerprint density at radius 3 is 2.92 bits per heavy atom. The summed E-state index contributed by atoms with van der Waals surface area (Å²) in [5.74, 6) is 0.758. The lowest BCUT2D eigenvalue weighted by Crippen LogP contribution is -1.98. The molecule has 0 fully saturated rings. The van der Waals surface area contributed by atoms with Gasteiger partial charge in [0.25, 0.3) is 0 Å². The van der Waals surface area contributed by atoms with Crippen molar-refractivity contribution in [3.05, 3.63) is 29.8 Å². The van der Waals surface area contributed by atoms with E-state index in [0.717, 1.165) is 11.6 Å². The van der Waals surface area contributed by atoms with Crippen LogP contribution in [-0.4, -0.2) is 11.4 Å². The average molecular weight is 180 g/mol. The summed E-state index contributed by atoms with van der Waals surface area (Å²) in [4.78, 5) is 0. The Morgan fingerprint density at radius 1 is 1.50 bits per heavy atom. The SMILES string of the molecule is Cc1ccccc1NCSC=N. The molecule has 2 N–H and O–H groups in total. The largest absolute Gasteiger partial charge is 0.375 e. The van der Waals surface area contributed by atoms with Crippen molar-refractivity contribution < 1.29 is 0 Å². The van der Waals surface area contributed by atoms with Gasteiger partial charge in [-0.15, -0.1) is 0 Å². The van der Waals surface area contributed by atoms with E-state index in [1.807, 2.05) is 18.2 Å².